The van der Waals surface area contributed by atoms with Crippen LogP contribution in [-0.4, -0.2) is 29.2 Å². The average Bonchev–Trinajstić information content (AvgIpc) is 3.38. The minimum atomic E-state index is -0.276. The van der Waals surface area contributed by atoms with Crippen LogP contribution in [0.3, 0.4) is 0 Å². The highest BCUT2D eigenvalue weighted by atomic mass is 15.1. The largest absolute Gasteiger partial charge is 0.333 e. The fraction of sp³-hybridized carbons (Fsp3) is 0.0750. The van der Waals surface area contributed by atoms with Crippen molar-refractivity contribution < 1.29 is 0 Å². The molecule has 0 fully saturated rings. The third kappa shape index (κ3) is 4.93. The number of hydrogen-bond acceptors (Lipinski definition) is 3. The van der Waals surface area contributed by atoms with Crippen molar-refractivity contribution in [3.63, 3.8) is 0 Å². The van der Waals surface area contributed by atoms with Crippen LogP contribution in [0.15, 0.2) is 150 Å². The van der Waals surface area contributed by atoms with Crippen LogP contribution in [0.5, 0.6) is 0 Å². The lowest BCUT2D eigenvalue weighted by molar-refractivity contribution is 0.859. The summed E-state index contributed by atoms with van der Waals surface area (Å²) in [4.78, 5) is 14.5. The molecule has 0 bridgehead atoms. The number of pyridine rings is 1. The SMILES string of the molecule is C=NC(=NC(c1ccccc1)c1ccc(-n2c3cccc4c3c3c(cccc32)-c2ccccc2C4)nc1)c1ccccc1.CN. The topological polar surface area (TPSA) is 68.6 Å². The summed E-state index contributed by atoms with van der Waals surface area (Å²) in [6, 6.07) is 46.3. The molecule has 0 saturated carbocycles. The Balaban J connectivity index is 0.00000160. The van der Waals surface area contributed by atoms with Crippen LogP contribution in [-0.2, 0) is 6.42 Å². The molecule has 2 heterocycles. The molecule has 5 nitrogen and oxygen atoms in total. The van der Waals surface area contributed by atoms with Crippen molar-refractivity contribution in [2.75, 3.05) is 7.05 Å². The lowest BCUT2D eigenvalue weighted by Crippen LogP contribution is -2.06. The van der Waals surface area contributed by atoms with Crippen molar-refractivity contribution in [2.45, 2.75) is 12.5 Å². The molecule has 45 heavy (non-hydrogen) atoms. The Morgan fingerprint density at radius 2 is 1.31 bits per heavy atom. The monoisotopic (exact) mass is 583 g/mol. The summed E-state index contributed by atoms with van der Waals surface area (Å²) in [7, 11) is 1.50. The van der Waals surface area contributed by atoms with Crippen molar-refractivity contribution in [3.8, 4) is 16.9 Å². The van der Waals surface area contributed by atoms with E-state index in [-0.39, 0.29) is 6.04 Å². The zero-order valence-electron chi connectivity index (χ0n) is 25.1. The Labute approximate surface area is 263 Å². The van der Waals surface area contributed by atoms with Crippen LogP contribution in [0.1, 0.15) is 33.9 Å². The summed E-state index contributed by atoms with van der Waals surface area (Å²) in [5.74, 6) is 1.49. The van der Waals surface area contributed by atoms with Gasteiger partial charge in [-0.1, -0.05) is 115 Å². The second kappa shape index (κ2) is 12.2. The fourth-order valence-corrected chi connectivity index (χ4v) is 6.53. The molecule has 218 valence electrons. The lowest BCUT2D eigenvalue weighted by Gasteiger charge is -2.16. The number of hydrogen-bond donors (Lipinski definition) is 1. The molecule has 5 aromatic carbocycles. The zero-order valence-corrected chi connectivity index (χ0v) is 25.1. The highest BCUT2D eigenvalue weighted by molar-refractivity contribution is 6.18. The van der Waals surface area contributed by atoms with Crippen LogP contribution >= 0.6 is 0 Å². The van der Waals surface area contributed by atoms with Crippen LogP contribution in [0.4, 0.5) is 0 Å². The quantitative estimate of drug-likeness (QED) is 0.163. The molecule has 7 aromatic rings. The smallest absolute Gasteiger partial charge is 0.154 e. The number of amidine groups is 1. The first kappa shape index (κ1) is 28.1. The molecule has 0 aliphatic heterocycles. The van der Waals surface area contributed by atoms with E-state index in [0.29, 0.717) is 5.84 Å². The van der Waals surface area contributed by atoms with Crippen molar-refractivity contribution in [1.82, 2.24) is 9.55 Å². The summed E-state index contributed by atoms with van der Waals surface area (Å²) in [6.07, 6.45) is 2.86. The zero-order chi connectivity index (χ0) is 30.8. The van der Waals surface area contributed by atoms with E-state index < -0.39 is 0 Å². The van der Waals surface area contributed by atoms with Crippen molar-refractivity contribution in [1.29, 1.82) is 0 Å². The number of rotatable bonds is 5. The van der Waals surface area contributed by atoms with E-state index in [4.69, 9.17) is 9.98 Å². The van der Waals surface area contributed by atoms with Gasteiger partial charge in [0.15, 0.2) is 5.84 Å². The molecule has 0 saturated heterocycles. The molecule has 2 N–H and O–H groups in total. The number of benzene rings is 5. The van der Waals surface area contributed by atoms with Gasteiger partial charge < -0.3 is 5.73 Å². The average molecular weight is 584 g/mol. The van der Waals surface area contributed by atoms with E-state index >= 15 is 0 Å². The summed E-state index contributed by atoms with van der Waals surface area (Å²) >= 11 is 0. The summed E-state index contributed by atoms with van der Waals surface area (Å²) < 4.78 is 2.30. The number of fused-ring (bicyclic) bond motifs is 2. The first-order valence-corrected chi connectivity index (χ1v) is 15.1. The molecule has 5 heteroatoms. The third-order valence-corrected chi connectivity index (χ3v) is 8.46. The van der Waals surface area contributed by atoms with Crippen molar-refractivity contribution in [3.05, 3.63) is 167 Å². The number of nitrogens with two attached hydrogens (primary N) is 1. The van der Waals surface area contributed by atoms with Gasteiger partial charge in [-0.15, -0.1) is 0 Å². The summed E-state index contributed by atoms with van der Waals surface area (Å²) in [6.45, 7) is 3.82. The van der Waals surface area contributed by atoms with Gasteiger partial charge in [-0.25, -0.2) is 9.98 Å². The minimum absolute atomic E-state index is 0.276. The molecule has 1 aliphatic rings. The maximum Gasteiger partial charge on any atom is 0.154 e. The van der Waals surface area contributed by atoms with Gasteiger partial charge in [0, 0.05) is 22.5 Å². The van der Waals surface area contributed by atoms with Crippen molar-refractivity contribution >= 4 is 34.4 Å². The van der Waals surface area contributed by atoms with E-state index in [9.17, 15) is 0 Å². The highest BCUT2D eigenvalue weighted by Gasteiger charge is 2.23. The molecule has 2 aromatic heterocycles. The molecular weight excluding hydrogens is 550 g/mol. The van der Waals surface area contributed by atoms with Gasteiger partial charge in [0.1, 0.15) is 11.9 Å². The normalized spacial score (nSPS) is 12.7. The first-order valence-electron chi connectivity index (χ1n) is 15.1. The van der Waals surface area contributed by atoms with Gasteiger partial charge in [0.2, 0.25) is 0 Å². The molecule has 1 atom stereocenters. The Kier molecular flexibility index (Phi) is 7.60. The van der Waals surface area contributed by atoms with Crippen LogP contribution in [0.2, 0.25) is 0 Å². The van der Waals surface area contributed by atoms with E-state index in [2.05, 4.69) is 107 Å². The highest BCUT2D eigenvalue weighted by Crippen LogP contribution is 2.44. The van der Waals surface area contributed by atoms with Gasteiger partial charge in [-0.2, -0.15) is 0 Å². The second-order valence-corrected chi connectivity index (χ2v) is 10.9. The summed E-state index contributed by atoms with van der Waals surface area (Å²) in [5.41, 5.74) is 15.1. The Bertz CT molecular complexity index is 2160. The predicted octanol–water partition coefficient (Wildman–Crippen LogP) is 8.56. The third-order valence-electron chi connectivity index (χ3n) is 8.46. The van der Waals surface area contributed by atoms with Crippen LogP contribution in [0.25, 0.3) is 38.8 Å². The van der Waals surface area contributed by atoms with Gasteiger partial charge in [-0.3, -0.25) is 9.56 Å². The van der Waals surface area contributed by atoms with Gasteiger partial charge in [-0.05, 0) is 71.8 Å². The molecule has 1 aliphatic carbocycles. The van der Waals surface area contributed by atoms with Gasteiger partial charge >= 0.3 is 0 Å². The lowest BCUT2D eigenvalue weighted by atomic mass is 9.97. The second-order valence-electron chi connectivity index (χ2n) is 10.9. The number of aromatic nitrogens is 2. The predicted molar refractivity (Wildman–Crippen MR) is 188 cm³/mol. The molecule has 8 rings (SSSR count). The standard InChI is InChI=1S/C39H28N4.CH5N/c1-40-39(27-14-6-3-7-15-27)42-38(26-12-4-2-5-13-26)30-22-23-35(41-25-30)43-33-20-10-17-29-24-28-16-8-9-18-31(28)32-19-11-21-34(43)37(32)36(29)33;1-2/h2-23,25,38H,1,24H2;2H2,1H3. The van der Waals surface area contributed by atoms with E-state index in [1.165, 1.54) is 45.6 Å². The molecule has 0 spiro atoms. The molecular formula is C40H33N5. The Hall–Kier alpha value is -5.65. The fourth-order valence-electron chi connectivity index (χ4n) is 6.53. The molecule has 1 unspecified atom stereocenters. The van der Waals surface area contributed by atoms with E-state index in [1.54, 1.807) is 0 Å². The van der Waals surface area contributed by atoms with Crippen molar-refractivity contribution in [2.24, 2.45) is 15.7 Å². The van der Waals surface area contributed by atoms with Crippen LogP contribution in [0, 0.1) is 0 Å². The maximum absolute atomic E-state index is 5.10. The van der Waals surface area contributed by atoms with Gasteiger partial charge in [0.25, 0.3) is 0 Å². The Morgan fingerprint density at radius 1 is 0.667 bits per heavy atom. The number of nitrogens with zero attached hydrogens (tertiary/aromatic N) is 4. The Morgan fingerprint density at radius 3 is 2.04 bits per heavy atom. The van der Waals surface area contributed by atoms with E-state index in [1.807, 2.05) is 54.7 Å². The maximum atomic E-state index is 5.10. The number of aliphatic imine (C=N–C) groups is 2. The van der Waals surface area contributed by atoms with Gasteiger partial charge in [0.05, 0.1) is 11.0 Å². The molecule has 0 amide bonds. The van der Waals surface area contributed by atoms with E-state index in [0.717, 1.165) is 34.4 Å². The van der Waals surface area contributed by atoms with Crippen LogP contribution < -0.4 is 5.73 Å². The first-order chi connectivity index (χ1) is 22.3. The summed E-state index contributed by atoms with van der Waals surface area (Å²) in [5, 5.41) is 2.60. The molecule has 0 radical (unpaired) electrons. The minimum Gasteiger partial charge on any atom is -0.333 e.